The topological polar surface area (TPSA) is 89.5 Å². The van der Waals surface area contributed by atoms with Crippen molar-refractivity contribution in [2.24, 2.45) is 0 Å². The maximum Gasteiger partial charge on any atom is 0.343 e. The number of carbonyl (C=O) groups is 2. The molecular formula is C26H22O8. The molecule has 1 aliphatic rings. The van der Waals surface area contributed by atoms with Crippen LogP contribution in [0.3, 0.4) is 0 Å². The highest BCUT2D eigenvalue weighted by Gasteiger charge is 2.29. The molecule has 174 valence electrons. The van der Waals surface area contributed by atoms with Gasteiger partial charge in [0.05, 0.1) is 39.6 Å². The zero-order valence-electron chi connectivity index (χ0n) is 19.0. The molecule has 4 rings (SSSR count). The summed E-state index contributed by atoms with van der Waals surface area (Å²) in [6, 6.07) is 14.6. The number of rotatable bonds is 7. The summed E-state index contributed by atoms with van der Waals surface area (Å²) in [7, 11) is 6.07. The molecule has 0 bridgehead atoms. The Hall–Kier alpha value is -4.46. The molecule has 0 radical (unpaired) electrons. The molecule has 0 unspecified atom stereocenters. The van der Waals surface area contributed by atoms with Crippen molar-refractivity contribution in [1.29, 1.82) is 0 Å². The predicted octanol–water partition coefficient (Wildman–Crippen LogP) is 4.56. The number of esters is 1. The Labute approximate surface area is 196 Å². The van der Waals surface area contributed by atoms with Gasteiger partial charge in [0.25, 0.3) is 0 Å². The molecular weight excluding hydrogens is 440 g/mol. The van der Waals surface area contributed by atoms with E-state index in [4.69, 9.17) is 28.4 Å². The average molecular weight is 462 g/mol. The Balaban J connectivity index is 1.59. The third-order valence-electron chi connectivity index (χ3n) is 5.18. The molecule has 1 heterocycles. The summed E-state index contributed by atoms with van der Waals surface area (Å²) >= 11 is 0. The molecule has 0 saturated carbocycles. The van der Waals surface area contributed by atoms with Crippen LogP contribution in [0, 0.1) is 0 Å². The zero-order valence-corrected chi connectivity index (χ0v) is 19.0. The van der Waals surface area contributed by atoms with Gasteiger partial charge in [-0.1, -0.05) is 6.07 Å². The lowest BCUT2D eigenvalue weighted by Gasteiger charge is -2.12. The fourth-order valence-electron chi connectivity index (χ4n) is 3.45. The number of ether oxygens (including phenoxy) is 6. The molecule has 0 spiro atoms. The van der Waals surface area contributed by atoms with Gasteiger partial charge in [-0.2, -0.15) is 0 Å². The summed E-state index contributed by atoms with van der Waals surface area (Å²) in [5.74, 6) is 1.73. The summed E-state index contributed by atoms with van der Waals surface area (Å²) in [6.45, 7) is 0. The van der Waals surface area contributed by atoms with Crippen molar-refractivity contribution in [2.75, 3.05) is 28.4 Å². The SMILES string of the molecule is COc1cccc(C(=O)Oc2ccc3c(c2)O/C(=C\c2cc(OC)c(OC)cc2OC)C3=O)c1. The third kappa shape index (κ3) is 4.38. The van der Waals surface area contributed by atoms with Gasteiger partial charge in [0.1, 0.15) is 23.0 Å². The first-order chi connectivity index (χ1) is 16.5. The number of hydrogen-bond acceptors (Lipinski definition) is 8. The molecule has 0 aromatic heterocycles. The highest BCUT2D eigenvalue weighted by molar-refractivity contribution is 6.14. The first-order valence-electron chi connectivity index (χ1n) is 10.2. The van der Waals surface area contributed by atoms with Gasteiger partial charge >= 0.3 is 5.97 Å². The van der Waals surface area contributed by atoms with E-state index in [1.807, 2.05) is 0 Å². The van der Waals surface area contributed by atoms with E-state index in [9.17, 15) is 9.59 Å². The van der Waals surface area contributed by atoms with Gasteiger partial charge in [0.15, 0.2) is 17.3 Å². The zero-order chi connectivity index (χ0) is 24.2. The van der Waals surface area contributed by atoms with E-state index < -0.39 is 5.97 Å². The van der Waals surface area contributed by atoms with E-state index >= 15 is 0 Å². The van der Waals surface area contributed by atoms with Gasteiger partial charge in [0.2, 0.25) is 5.78 Å². The Morgan fingerprint density at radius 3 is 2.24 bits per heavy atom. The lowest BCUT2D eigenvalue weighted by molar-refractivity contribution is 0.0734. The molecule has 0 fully saturated rings. The summed E-state index contributed by atoms with van der Waals surface area (Å²) < 4.78 is 32.4. The van der Waals surface area contributed by atoms with Crippen LogP contribution in [0.1, 0.15) is 26.3 Å². The van der Waals surface area contributed by atoms with Crippen LogP contribution in [0.2, 0.25) is 0 Å². The molecule has 0 aliphatic carbocycles. The number of fused-ring (bicyclic) bond motifs is 1. The molecule has 3 aromatic carbocycles. The normalized spacial score (nSPS) is 13.2. The quantitative estimate of drug-likeness (QED) is 0.287. The minimum Gasteiger partial charge on any atom is -0.497 e. The highest BCUT2D eigenvalue weighted by atomic mass is 16.5. The molecule has 0 N–H and O–H groups in total. The number of ketones is 1. The van der Waals surface area contributed by atoms with Crippen LogP contribution in [0.4, 0.5) is 0 Å². The number of methoxy groups -OCH3 is 4. The van der Waals surface area contributed by atoms with E-state index in [0.29, 0.717) is 39.7 Å². The second-order valence-electron chi connectivity index (χ2n) is 7.17. The molecule has 34 heavy (non-hydrogen) atoms. The van der Waals surface area contributed by atoms with Crippen LogP contribution < -0.4 is 28.4 Å². The van der Waals surface area contributed by atoms with E-state index in [1.54, 1.807) is 48.5 Å². The smallest absolute Gasteiger partial charge is 0.343 e. The molecule has 8 nitrogen and oxygen atoms in total. The Bertz CT molecular complexity index is 1290. The fraction of sp³-hybridized carbons (Fsp3) is 0.154. The van der Waals surface area contributed by atoms with Crippen LogP contribution in [-0.4, -0.2) is 40.2 Å². The van der Waals surface area contributed by atoms with E-state index in [1.165, 1.54) is 40.6 Å². The highest BCUT2D eigenvalue weighted by Crippen LogP contribution is 2.39. The second kappa shape index (κ2) is 9.58. The molecule has 1 aliphatic heterocycles. The lowest BCUT2D eigenvalue weighted by Crippen LogP contribution is -2.08. The molecule has 3 aromatic rings. The molecule has 0 atom stereocenters. The maximum absolute atomic E-state index is 12.9. The number of benzene rings is 3. The number of allylic oxidation sites excluding steroid dienone is 1. The monoisotopic (exact) mass is 462 g/mol. The van der Waals surface area contributed by atoms with Crippen molar-refractivity contribution in [3.8, 4) is 34.5 Å². The van der Waals surface area contributed by atoms with E-state index in [0.717, 1.165) is 0 Å². The number of hydrogen-bond donors (Lipinski definition) is 0. The Morgan fingerprint density at radius 2 is 1.53 bits per heavy atom. The average Bonchev–Trinajstić information content (AvgIpc) is 3.17. The summed E-state index contributed by atoms with van der Waals surface area (Å²) in [5.41, 5.74) is 1.26. The van der Waals surface area contributed by atoms with Crippen LogP contribution in [0.5, 0.6) is 34.5 Å². The predicted molar refractivity (Wildman–Crippen MR) is 123 cm³/mol. The van der Waals surface area contributed by atoms with Crippen molar-refractivity contribution < 1.29 is 38.0 Å². The van der Waals surface area contributed by atoms with Crippen molar-refractivity contribution in [3.05, 3.63) is 77.0 Å². The van der Waals surface area contributed by atoms with Crippen LogP contribution in [0.15, 0.2) is 60.4 Å². The van der Waals surface area contributed by atoms with Crippen molar-refractivity contribution in [3.63, 3.8) is 0 Å². The van der Waals surface area contributed by atoms with Crippen LogP contribution in [-0.2, 0) is 0 Å². The van der Waals surface area contributed by atoms with Gasteiger partial charge < -0.3 is 28.4 Å². The minimum atomic E-state index is -0.561. The Morgan fingerprint density at radius 1 is 0.794 bits per heavy atom. The maximum atomic E-state index is 12.9. The van der Waals surface area contributed by atoms with Gasteiger partial charge in [0, 0.05) is 17.7 Å². The number of Topliss-reactive ketones (excluding diaryl/α,β-unsaturated/α-hetero) is 1. The van der Waals surface area contributed by atoms with E-state index in [-0.39, 0.29) is 23.0 Å². The number of carbonyl (C=O) groups excluding carboxylic acids is 2. The molecule has 0 amide bonds. The summed E-state index contributed by atoms with van der Waals surface area (Å²) in [5, 5.41) is 0. The largest absolute Gasteiger partial charge is 0.497 e. The van der Waals surface area contributed by atoms with Gasteiger partial charge in [-0.25, -0.2) is 4.79 Å². The van der Waals surface area contributed by atoms with E-state index in [2.05, 4.69) is 0 Å². The second-order valence-corrected chi connectivity index (χ2v) is 7.17. The summed E-state index contributed by atoms with van der Waals surface area (Å²) in [4.78, 5) is 25.4. The fourth-order valence-corrected chi connectivity index (χ4v) is 3.45. The standard InChI is InChI=1S/C26H22O8/c1-29-17-7-5-6-15(10-17)26(28)33-18-8-9-19-21(13-18)34-24(25(19)27)12-16-11-22(31-3)23(32-4)14-20(16)30-2/h5-14H,1-4H3/b24-12-. The first-order valence-corrected chi connectivity index (χ1v) is 10.2. The van der Waals surface area contributed by atoms with Crippen molar-refractivity contribution in [1.82, 2.24) is 0 Å². The van der Waals surface area contributed by atoms with Crippen LogP contribution in [0.25, 0.3) is 6.08 Å². The molecule has 0 saturated heterocycles. The molecule has 8 heteroatoms. The third-order valence-corrected chi connectivity index (χ3v) is 5.18. The van der Waals surface area contributed by atoms with Crippen molar-refractivity contribution >= 4 is 17.8 Å². The lowest BCUT2D eigenvalue weighted by atomic mass is 10.1. The van der Waals surface area contributed by atoms with Crippen molar-refractivity contribution in [2.45, 2.75) is 0 Å². The Kier molecular flexibility index (Phi) is 6.40. The van der Waals surface area contributed by atoms with Gasteiger partial charge in [-0.05, 0) is 42.5 Å². The first kappa shape index (κ1) is 22.7. The summed E-state index contributed by atoms with van der Waals surface area (Å²) in [6.07, 6.45) is 1.56. The van der Waals surface area contributed by atoms with Gasteiger partial charge in [-0.3, -0.25) is 4.79 Å². The minimum absolute atomic E-state index is 0.0943. The van der Waals surface area contributed by atoms with Crippen LogP contribution >= 0.6 is 0 Å². The van der Waals surface area contributed by atoms with Gasteiger partial charge in [-0.15, -0.1) is 0 Å².